The number of furan rings is 2. The van der Waals surface area contributed by atoms with E-state index in [1.807, 2.05) is 48.5 Å². The molecule has 5 heteroatoms. The van der Waals surface area contributed by atoms with Crippen molar-refractivity contribution in [2.24, 2.45) is 0 Å². The zero-order valence-electron chi connectivity index (χ0n) is 31.1. The summed E-state index contributed by atoms with van der Waals surface area (Å²) < 4.78 is 12.8. The third kappa shape index (κ3) is 5.14. The highest BCUT2D eigenvalue weighted by atomic mass is 16.3. The van der Waals surface area contributed by atoms with Gasteiger partial charge in [-0.1, -0.05) is 164 Å². The second kappa shape index (κ2) is 12.8. The summed E-state index contributed by atoms with van der Waals surface area (Å²) in [5.41, 5.74) is 10.7. The maximum atomic E-state index is 6.55. The highest BCUT2D eigenvalue weighted by Crippen LogP contribution is 2.41. The SMILES string of the molecule is c1ccc(-c2nc(-c3ccc(-c4cccc5c4oc4ccc6ccccc6c45)cc3)nc(-c3ccc4c(-c5cccc6oc7ccccc7c56)cccc4c3)n2)cc1. The fourth-order valence-corrected chi connectivity index (χ4v) is 8.60. The molecule has 0 aliphatic heterocycles. The van der Waals surface area contributed by atoms with E-state index in [0.29, 0.717) is 17.5 Å². The molecule has 3 aromatic heterocycles. The lowest BCUT2D eigenvalue weighted by molar-refractivity contribution is 0.669. The van der Waals surface area contributed by atoms with E-state index in [2.05, 4.69) is 140 Å². The topological polar surface area (TPSA) is 65.0 Å². The Hall–Kier alpha value is -7.89. The van der Waals surface area contributed by atoms with Crippen molar-refractivity contribution in [3.63, 3.8) is 0 Å². The third-order valence-electron chi connectivity index (χ3n) is 11.3. The van der Waals surface area contributed by atoms with Crippen molar-refractivity contribution in [3.05, 3.63) is 188 Å². The number of hydrogen-bond donors (Lipinski definition) is 0. The van der Waals surface area contributed by atoms with Gasteiger partial charge in [0, 0.05) is 43.8 Å². The van der Waals surface area contributed by atoms with Crippen LogP contribution in [0.4, 0.5) is 0 Å². The van der Waals surface area contributed by atoms with Gasteiger partial charge in [0.15, 0.2) is 17.5 Å². The van der Waals surface area contributed by atoms with Crippen molar-refractivity contribution in [1.82, 2.24) is 15.0 Å². The molecular weight excluding hydrogens is 711 g/mol. The first-order valence-electron chi connectivity index (χ1n) is 19.4. The molecule has 0 spiro atoms. The Labute approximate surface area is 332 Å². The van der Waals surface area contributed by atoms with Crippen molar-refractivity contribution in [3.8, 4) is 56.4 Å². The largest absolute Gasteiger partial charge is 0.456 e. The first-order chi connectivity index (χ1) is 28.7. The van der Waals surface area contributed by atoms with Gasteiger partial charge in [-0.3, -0.25) is 0 Å². The van der Waals surface area contributed by atoms with Gasteiger partial charge in [-0.15, -0.1) is 0 Å². The van der Waals surface area contributed by atoms with Gasteiger partial charge in [-0.2, -0.15) is 0 Å². The molecule has 0 radical (unpaired) electrons. The molecule has 0 saturated carbocycles. The third-order valence-corrected chi connectivity index (χ3v) is 11.3. The van der Waals surface area contributed by atoms with Crippen LogP contribution < -0.4 is 0 Å². The molecule has 0 atom stereocenters. The highest BCUT2D eigenvalue weighted by Gasteiger charge is 2.18. The molecule has 0 aliphatic carbocycles. The summed E-state index contributed by atoms with van der Waals surface area (Å²) in [5, 5.41) is 9.12. The van der Waals surface area contributed by atoms with Crippen LogP contribution in [0.2, 0.25) is 0 Å². The number of para-hydroxylation sites is 2. The molecule has 0 N–H and O–H groups in total. The van der Waals surface area contributed by atoms with Crippen LogP contribution in [0.15, 0.2) is 197 Å². The number of benzene rings is 9. The van der Waals surface area contributed by atoms with Crippen LogP contribution in [0.3, 0.4) is 0 Å². The van der Waals surface area contributed by atoms with Crippen LogP contribution in [0, 0.1) is 0 Å². The molecule has 0 aliphatic rings. The Balaban J connectivity index is 0.960. The number of aromatic nitrogens is 3. The van der Waals surface area contributed by atoms with Crippen molar-refractivity contribution in [1.29, 1.82) is 0 Å². The van der Waals surface area contributed by atoms with E-state index in [9.17, 15) is 0 Å². The lowest BCUT2D eigenvalue weighted by atomic mass is 9.94. The first kappa shape index (κ1) is 32.4. The number of fused-ring (bicyclic) bond motifs is 9. The van der Waals surface area contributed by atoms with Crippen LogP contribution in [-0.4, -0.2) is 15.0 Å². The Morgan fingerprint density at radius 1 is 0.293 bits per heavy atom. The predicted molar refractivity (Wildman–Crippen MR) is 237 cm³/mol. The van der Waals surface area contributed by atoms with Gasteiger partial charge in [-0.25, -0.2) is 15.0 Å². The second-order valence-corrected chi connectivity index (χ2v) is 14.7. The molecule has 0 bridgehead atoms. The van der Waals surface area contributed by atoms with Crippen molar-refractivity contribution >= 4 is 65.4 Å². The monoisotopic (exact) mass is 741 g/mol. The van der Waals surface area contributed by atoms with Gasteiger partial charge in [-0.05, 0) is 62.5 Å². The quantitative estimate of drug-likeness (QED) is 0.176. The molecule has 5 nitrogen and oxygen atoms in total. The molecule has 9 aromatic carbocycles. The number of rotatable bonds is 5. The molecule has 0 fully saturated rings. The maximum Gasteiger partial charge on any atom is 0.164 e. The lowest BCUT2D eigenvalue weighted by Crippen LogP contribution is -2.00. The van der Waals surface area contributed by atoms with E-state index in [-0.39, 0.29) is 0 Å². The summed E-state index contributed by atoms with van der Waals surface area (Å²) in [6.07, 6.45) is 0. The van der Waals surface area contributed by atoms with Crippen LogP contribution in [0.5, 0.6) is 0 Å². The van der Waals surface area contributed by atoms with Crippen LogP contribution in [0.1, 0.15) is 0 Å². The summed E-state index contributed by atoms with van der Waals surface area (Å²) in [5.74, 6) is 1.84. The fraction of sp³-hybridized carbons (Fsp3) is 0. The highest BCUT2D eigenvalue weighted by molar-refractivity contribution is 6.21. The fourth-order valence-electron chi connectivity index (χ4n) is 8.60. The van der Waals surface area contributed by atoms with E-state index in [1.54, 1.807) is 0 Å². The van der Waals surface area contributed by atoms with E-state index >= 15 is 0 Å². The van der Waals surface area contributed by atoms with Crippen molar-refractivity contribution in [2.45, 2.75) is 0 Å². The van der Waals surface area contributed by atoms with Crippen molar-refractivity contribution in [2.75, 3.05) is 0 Å². The minimum Gasteiger partial charge on any atom is -0.456 e. The molecule has 270 valence electrons. The Morgan fingerprint density at radius 3 is 1.74 bits per heavy atom. The summed E-state index contributed by atoms with van der Waals surface area (Å²) >= 11 is 0. The van der Waals surface area contributed by atoms with E-state index in [4.69, 9.17) is 23.8 Å². The Morgan fingerprint density at radius 2 is 0.879 bits per heavy atom. The molecule has 3 heterocycles. The Bertz CT molecular complexity index is 3570. The van der Waals surface area contributed by atoms with Crippen molar-refractivity contribution < 1.29 is 8.83 Å². The molecule has 0 amide bonds. The van der Waals surface area contributed by atoms with Gasteiger partial charge in [0.05, 0.1) is 0 Å². The minimum atomic E-state index is 0.608. The minimum absolute atomic E-state index is 0.608. The van der Waals surface area contributed by atoms with Crippen LogP contribution >= 0.6 is 0 Å². The van der Waals surface area contributed by atoms with E-state index < -0.39 is 0 Å². The maximum absolute atomic E-state index is 6.55. The van der Waals surface area contributed by atoms with Crippen LogP contribution in [-0.2, 0) is 0 Å². The molecule has 0 saturated heterocycles. The Kier molecular flexibility index (Phi) is 7.16. The van der Waals surface area contributed by atoms with E-state index in [1.165, 1.54) is 10.8 Å². The zero-order valence-corrected chi connectivity index (χ0v) is 31.1. The molecule has 12 aromatic rings. The smallest absolute Gasteiger partial charge is 0.164 e. The summed E-state index contributed by atoms with van der Waals surface area (Å²) in [6.45, 7) is 0. The summed E-state index contributed by atoms with van der Waals surface area (Å²) in [4.78, 5) is 15.2. The zero-order chi connectivity index (χ0) is 38.2. The standard InChI is InChI=1S/C53H31N3O2/c1-2-12-34(13-3-1)51-54-52(35-25-23-33(24-26-35)40-17-9-20-44-48-39-15-5-4-11-32(39)28-30-47(48)58-50(40)44)56-53(55-51)37-27-29-38-36(31-37)14-8-18-41(38)42-19-10-22-46-49(42)43-16-6-7-21-45(43)57-46/h1-31H. The second-order valence-electron chi connectivity index (χ2n) is 14.7. The first-order valence-corrected chi connectivity index (χ1v) is 19.4. The number of hydrogen-bond acceptors (Lipinski definition) is 5. The van der Waals surface area contributed by atoms with Gasteiger partial charge in [0.1, 0.15) is 22.3 Å². The van der Waals surface area contributed by atoms with Gasteiger partial charge in [0.25, 0.3) is 0 Å². The van der Waals surface area contributed by atoms with Gasteiger partial charge < -0.3 is 8.83 Å². The average Bonchev–Trinajstić information content (AvgIpc) is 3.88. The van der Waals surface area contributed by atoms with Crippen LogP contribution in [0.25, 0.3) is 122 Å². The molecule has 0 unspecified atom stereocenters. The lowest BCUT2D eigenvalue weighted by Gasteiger charge is -2.12. The molecule has 12 rings (SSSR count). The average molecular weight is 742 g/mol. The van der Waals surface area contributed by atoms with Gasteiger partial charge in [0.2, 0.25) is 0 Å². The van der Waals surface area contributed by atoms with E-state index in [0.717, 1.165) is 93.6 Å². The molecular formula is C53H31N3O2. The molecule has 58 heavy (non-hydrogen) atoms. The summed E-state index contributed by atoms with van der Waals surface area (Å²) in [6, 6.07) is 65.1. The predicted octanol–water partition coefficient (Wildman–Crippen LogP) is 14.3. The van der Waals surface area contributed by atoms with Gasteiger partial charge >= 0.3 is 0 Å². The summed E-state index contributed by atoms with van der Waals surface area (Å²) in [7, 11) is 0. The number of nitrogens with zero attached hydrogens (tertiary/aromatic N) is 3. The normalized spacial score (nSPS) is 11.8.